The van der Waals surface area contributed by atoms with Gasteiger partial charge in [0.2, 0.25) is 5.91 Å². The normalized spacial score (nSPS) is 15.5. The Labute approximate surface area is 179 Å². The summed E-state index contributed by atoms with van der Waals surface area (Å²) in [5, 5.41) is 8.23. The highest BCUT2D eigenvalue weighted by molar-refractivity contribution is 5.81. The Kier molecular flexibility index (Phi) is 5.75. The lowest BCUT2D eigenvalue weighted by atomic mass is 9.90. The number of rotatable bonds is 6. The third-order valence-corrected chi connectivity index (χ3v) is 5.62. The molecule has 0 N–H and O–H groups in total. The molecule has 0 aliphatic carbocycles. The van der Waals surface area contributed by atoms with Crippen molar-refractivity contribution < 1.29 is 23.8 Å². The quantitative estimate of drug-likeness (QED) is 0.560. The Morgan fingerprint density at radius 2 is 1.84 bits per heavy atom. The summed E-state index contributed by atoms with van der Waals surface area (Å²) in [6.45, 7) is 0.496. The number of hydrogen-bond acceptors (Lipinski definition) is 7. The summed E-state index contributed by atoms with van der Waals surface area (Å²) in [5.41, 5.74) is 3.37. The molecule has 9 heteroatoms. The molecule has 0 fully saturated rings. The first kappa shape index (κ1) is 20.6. The zero-order valence-corrected chi connectivity index (χ0v) is 17.7. The second-order valence-corrected chi connectivity index (χ2v) is 7.27. The molecule has 1 amide bonds. The predicted octanol–water partition coefficient (Wildman–Crippen LogP) is 2.14. The molecule has 4 rings (SSSR count). The number of benzene rings is 2. The first-order valence-electron chi connectivity index (χ1n) is 9.95. The van der Waals surface area contributed by atoms with Crippen LogP contribution in [0.2, 0.25) is 0 Å². The molecule has 0 bridgehead atoms. The van der Waals surface area contributed by atoms with E-state index < -0.39 is 12.0 Å². The van der Waals surface area contributed by atoms with Gasteiger partial charge < -0.3 is 19.1 Å². The third kappa shape index (κ3) is 3.90. The number of ether oxygens (including phenoxy) is 3. The monoisotopic (exact) mass is 424 g/mol. The predicted molar refractivity (Wildman–Crippen MR) is 112 cm³/mol. The Bertz CT molecular complexity index is 1130. The largest absolute Gasteiger partial charge is 0.493 e. The minimum Gasteiger partial charge on any atom is -0.493 e. The molecule has 3 aromatic rings. The van der Waals surface area contributed by atoms with Crippen molar-refractivity contribution in [2.45, 2.75) is 25.4 Å². The van der Waals surface area contributed by atoms with Crippen LogP contribution in [0.1, 0.15) is 23.6 Å². The number of aromatic nitrogens is 3. The number of para-hydroxylation sites is 1. The van der Waals surface area contributed by atoms with E-state index in [-0.39, 0.29) is 18.9 Å². The minimum atomic E-state index is -0.474. The van der Waals surface area contributed by atoms with Gasteiger partial charge in [-0.1, -0.05) is 17.3 Å². The first-order valence-corrected chi connectivity index (χ1v) is 9.95. The van der Waals surface area contributed by atoms with E-state index in [0.717, 1.165) is 22.2 Å². The Hall–Kier alpha value is -3.62. The lowest BCUT2D eigenvalue weighted by molar-refractivity contribution is -0.144. The highest BCUT2D eigenvalue weighted by atomic mass is 16.5. The number of amides is 1. The molecule has 1 aliphatic rings. The van der Waals surface area contributed by atoms with Gasteiger partial charge in [0, 0.05) is 6.54 Å². The maximum Gasteiger partial charge on any atom is 0.307 e. The summed E-state index contributed by atoms with van der Waals surface area (Å²) >= 11 is 0. The summed E-state index contributed by atoms with van der Waals surface area (Å²) in [4.78, 5) is 27.2. The number of fused-ring (bicyclic) bond motifs is 2. The average Bonchev–Trinajstić information content (AvgIpc) is 3.20. The molecule has 0 spiro atoms. The summed E-state index contributed by atoms with van der Waals surface area (Å²) in [5.74, 6) is 0.626. The van der Waals surface area contributed by atoms with E-state index in [1.807, 2.05) is 36.4 Å². The first-order chi connectivity index (χ1) is 15.0. The lowest BCUT2D eigenvalue weighted by Gasteiger charge is -2.37. The summed E-state index contributed by atoms with van der Waals surface area (Å²) in [6.07, 6.45) is 0.681. The molecule has 2 aromatic carbocycles. The standard InChI is InChI=1S/C22H24N4O5/c1-29-19-10-14-8-9-25(18(12-22(28)31-3)15(14)11-20(19)30-2)21(27)13-26-17-7-5-4-6-16(17)23-24-26/h4-7,10-11,18H,8-9,12-13H2,1-3H3. The summed E-state index contributed by atoms with van der Waals surface area (Å²) < 4.78 is 17.3. The second-order valence-electron chi connectivity index (χ2n) is 7.27. The Balaban J connectivity index is 1.67. The maximum atomic E-state index is 13.3. The van der Waals surface area contributed by atoms with Gasteiger partial charge in [-0.05, 0) is 41.8 Å². The highest BCUT2D eigenvalue weighted by Crippen LogP contribution is 2.39. The molecule has 0 saturated carbocycles. The number of esters is 1. The smallest absolute Gasteiger partial charge is 0.307 e. The van der Waals surface area contributed by atoms with Crippen molar-refractivity contribution in [3.05, 3.63) is 47.5 Å². The second kappa shape index (κ2) is 8.63. The maximum absolute atomic E-state index is 13.3. The Morgan fingerprint density at radius 1 is 1.10 bits per heavy atom. The van der Waals surface area contributed by atoms with Crippen LogP contribution >= 0.6 is 0 Å². The molecular formula is C22H24N4O5. The molecule has 1 aromatic heterocycles. The summed E-state index contributed by atoms with van der Waals surface area (Å²) in [6, 6.07) is 10.7. The van der Waals surface area contributed by atoms with E-state index in [1.54, 1.807) is 23.8 Å². The highest BCUT2D eigenvalue weighted by Gasteiger charge is 2.34. The molecule has 1 unspecified atom stereocenters. The fourth-order valence-electron chi connectivity index (χ4n) is 4.04. The van der Waals surface area contributed by atoms with Crippen LogP contribution in [-0.2, 0) is 27.3 Å². The van der Waals surface area contributed by atoms with E-state index >= 15 is 0 Å². The van der Waals surface area contributed by atoms with Gasteiger partial charge in [0.25, 0.3) is 0 Å². The summed E-state index contributed by atoms with van der Waals surface area (Å²) in [7, 11) is 4.48. The van der Waals surface area contributed by atoms with E-state index in [1.165, 1.54) is 7.11 Å². The topological polar surface area (TPSA) is 95.8 Å². The number of nitrogens with zero attached hydrogens (tertiary/aromatic N) is 4. The zero-order valence-electron chi connectivity index (χ0n) is 17.7. The van der Waals surface area contributed by atoms with Gasteiger partial charge in [-0.25, -0.2) is 4.68 Å². The Morgan fingerprint density at radius 3 is 2.58 bits per heavy atom. The van der Waals surface area contributed by atoms with Crippen LogP contribution in [0, 0.1) is 0 Å². The van der Waals surface area contributed by atoms with Gasteiger partial charge in [-0.3, -0.25) is 9.59 Å². The lowest BCUT2D eigenvalue weighted by Crippen LogP contribution is -2.42. The van der Waals surface area contributed by atoms with Crippen LogP contribution in [-0.4, -0.2) is 59.6 Å². The van der Waals surface area contributed by atoms with Crippen LogP contribution in [0.25, 0.3) is 11.0 Å². The van der Waals surface area contributed by atoms with Crippen LogP contribution in [0.3, 0.4) is 0 Å². The SMILES string of the molecule is COC(=O)CC1c2cc(OC)c(OC)cc2CCN1C(=O)Cn1nnc2ccccc21. The van der Waals surface area contributed by atoms with Gasteiger partial charge in [-0.15, -0.1) is 5.10 Å². The van der Waals surface area contributed by atoms with Crippen molar-refractivity contribution in [3.8, 4) is 11.5 Å². The molecule has 9 nitrogen and oxygen atoms in total. The molecule has 1 aliphatic heterocycles. The van der Waals surface area contributed by atoms with Gasteiger partial charge in [-0.2, -0.15) is 0 Å². The van der Waals surface area contributed by atoms with Gasteiger partial charge in [0.1, 0.15) is 12.1 Å². The number of hydrogen-bond donors (Lipinski definition) is 0. The number of methoxy groups -OCH3 is 3. The van der Waals surface area contributed by atoms with E-state index in [2.05, 4.69) is 10.3 Å². The van der Waals surface area contributed by atoms with Crippen molar-refractivity contribution in [1.29, 1.82) is 0 Å². The fourth-order valence-corrected chi connectivity index (χ4v) is 4.04. The van der Waals surface area contributed by atoms with Crippen LogP contribution in [0.4, 0.5) is 0 Å². The van der Waals surface area contributed by atoms with Crippen molar-refractivity contribution >= 4 is 22.9 Å². The number of carbonyl (C=O) groups is 2. The average molecular weight is 424 g/mol. The minimum absolute atomic E-state index is 0.0286. The number of carbonyl (C=O) groups excluding carboxylic acids is 2. The van der Waals surface area contributed by atoms with Crippen molar-refractivity contribution in [2.24, 2.45) is 0 Å². The van der Waals surface area contributed by atoms with E-state index in [0.29, 0.717) is 24.5 Å². The molecule has 2 heterocycles. The van der Waals surface area contributed by atoms with Crippen LogP contribution in [0.15, 0.2) is 36.4 Å². The van der Waals surface area contributed by atoms with Crippen LogP contribution < -0.4 is 9.47 Å². The van der Waals surface area contributed by atoms with Crippen LogP contribution in [0.5, 0.6) is 11.5 Å². The zero-order chi connectivity index (χ0) is 22.0. The molecule has 0 saturated heterocycles. The third-order valence-electron chi connectivity index (χ3n) is 5.62. The molecule has 31 heavy (non-hydrogen) atoms. The fraction of sp³-hybridized carbons (Fsp3) is 0.364. The van der Waals surface area contributed by atoms with Crippen molar-refractivity contribution in [1.82, 2.24) is 19.9 Å². The van der Waals surface area contributed by atoms with Crippen molar-refractivity contribution in [2.75, 3.05) is 27.9 Å². The molecule has 0 radical (unpaired) electrons. The van der Waals surface area contributed by atoms with Gasteiger partial charge in [0.15, 0.2) is 11.5 Å². The molecular weight excluding hydrogens is 400 g/mol. The van der Waals surface area contributed by atoms with Gasteiger partial charge in [0.05, 0.1) is 39.3 Å². The van der Waals surface area contributed by atoms with Crippen molar-refractivity contribution in [3.63, 3.8) is 0 Å². The van der Waals surface area contributed by atoms with E-state index in [4.69, 9.17) is 14.2 Å². The van der Waals surface area contributed by atoms with Gasteiger partial charge >= 0.3 is 5.97 Å². The molecule has 162 valence electrons. The van der Waals surface area contributed by atoms with E-state index in [9.17, 15) is 9.59 Å². The molecule has 1 atom stereocenters.